The van der Waals surface area contributed by atoms with E-state index >= 15 is 0 Å². The van der Waals surface area contributed by atoms with Crippen LogP contribution in [0.25, 0.3) is 0 Å². The van der Waals surface area contributed by atoms with E-state index in [1.807, 2.05) is 25.1 Å². The summed E-state index contributed by atoms with van der Waals surface area (Å²) in [5, 5.41) is 7.18. The highest BCUT2D eigenvalue weighted by Crippen LogP contribution is 2.24. The zero-order valence-corrected chi connectivity index (χ0v) is 14.4. The Hall–Kier alpha value is -2.37. The van der Waals surface area contributed by atoms with E-state index in [-0.39, 0.29) is 6.42 Å². The molecular weight excluding hydrogens is 349 g/mol. The first-order valence-electron chi connectivity index (χ1n) is 7.09. The van der Waals surface area contributed by atoms with Crippen molar-refractivity contribution in [3.05, 3.63) is 63.6 Å². The molecule has 0 aliphatic rings. The molecule has 0 aromatic heterocycles. The Morgan fingerprint density at radius 3 is 2.58 bits per heavy atom. The molecule has 0 bridgehead atoms. The van der Waals surface area contributed by atoms with Crippen LogP contribution in [-0.4, -0.2) is 18.0 Å². The molecule has 7 heteroatoms. The lowest BCUT2D eigenvalue weighted by molar-refractivity contribution is -0.126. The summed E-state index contributed by atoms with van der Waals surface area (Å²) in [4.78, 5) is 23.6. The highest BCUT2D eigenvalue weighted by atomic mass is 35.5. The maximum atomic E-state index is 11.8. The molecule has 0 heterocycles. The maximum Gasteiger partial charge on any atom is 0.249 e. The summed E-state index contributed by atoms with van der Waals surface area (Å²) in [6.07, 6.45) is 1.03. The summed E-state index contributed by atoms with van der Waals surface area (Å²) >= 11 is 11.9. The molecule has 2 rings (SSSR count). The minimum atomic E-state index is -0.532. The minimum Gasteiger partial charge on any atom is -0.325 e. The molecule has 0 aliphatic carbocycles. The lowest BCUT2D eigenvalue weighted by Crippen LogP contribution is -2.24. The molecule has 124 valence electrons. The van der Waals surface area contributed by atoms with Crippen LogP contribution in [0.3, 0.4) is 0 Å². The smallest absolute Gasteiger partial charge is 0.249 e. The molecule has 0 spiro atoms. The largest absolute Gasteiger partial charge is 0.325 e. The van der Waals surface area contributed by atoms with E-state index in [0.717, 1.165) is 5.56 Å². The number of aryl methyl sites for hydroxylation is 1. The van der Waals surface area contributed by atoms with E-state index < -0.39 is 11.8 Å². The van der Waals surface area contributed by atoms with Crippen molar-refractivity contribution in [3.8, 4) is 0 Å². The normalized spacial score (nSPS) is 10.6. The fourth-order valence-corrected chi connectivity index (χ4v) is 2.24. The average Bonchev–Trinajstić information content (AvgIpc) is 2.53. The van der Waals surface area contributed by atoms with E-state index in [1.165, 1.54) is 6.21 Å². The molecule has 2 N–H and O–H groups in total. The Morgan fingerprint density at radius 1 is 1.08 bits per heavy atom. The van der Waals surface area contributed by atoms with Gasteiger partial charge in [-0.25, -0.2) is 5.43 Å². The number of hydrazone groups is 1. The van der Waals surface area contributed by atoms with Crippen LogP contribution in [0.5, 0.6) is 0 Å². The van der Waals surface area contributed by atoms with Crippen molar-refractivity contribution in [3.63, 3.8) is 0 Å². The van der Waals surface area contributed by atoms with Gasteiger partial charge in [-0.1, -0.05) is 53.5 Å². The van der Waals surface area contributed by atoms with Crippen molar-refractivity contribution in [2.24, 2.45) is 5.10 Å². The van der Waals surface area contributed by atoms with Crippen molar-refractivity contribution in [1.29, 1.82) is 0 Å². The lowest BCUT2D eigenvalue weighted by Gasteiger charge is -2.07. The predicted molar refractivity (Wildman–Crippen MR) is 96.6 cm³/mol. The lowest BCUT2D eigenvalue weighted by atomic mass is 10.2. The third kappa shape index (κ3) is 5.08. The van der Waals surface area contributed by atoms with Crippen LogP contribution >= 0.6 is 23.2 Å². The third-order valence-electron chi connectivity index (χ3n) is 3.11. The molecule has 2 aromatic rings. The number of nitrogens with zero attached hydrogens (tertiary/aromatic N) is 1. The molecule has 5 nitrogen and oxygen atoms in total. The number of anilines is 1. The highest BCUT2D eigenvalue weighted by Gasteiger charge is 2.10. The van der Waals surface area contributed by atoms with E-state index in [1.54, 1.807) is 24.3 Å². The van der Waals surface area contributed by atoms with Gasteiger partial charge in [0.25, 0.3) is 0 Å². The van der Waals surface area contributed by atoms with Crippen LogP contribution in [-0.2, 0) is 9.59 Å². The zero-order valence-electron chi connectivity index (χ0n) is 12.8. The van der Waals surface area contributed by atoms with E-state index in [2.05, 4.69) is 15.8 Å². The molecule has 0 unspecified atom stereocenters. The molecule has 0 saturated heterocycles. The number of hydrogen-bond acceptors (Lipinski definition) is 3. The van der Waals surface area contributed by atoms with Gasteiger partial charge in [-0.05, 0) is 24.6 Å². The van der Waals surface area contributed by atoms with Gasteiger partial charge in [-0.15, -0.1) is 0 Å². The van der Waals surface area contributed by atoms with Crippen molar-refractivity contribution in [1.82, 2.24) is 5.43 Å². The van der Waals surface area contributed by atoms with Gasteiger partial charge in [0.05, 0.1) is 16.3 Å². The number of nitrogens with one attached hydrogen (secondary N) is 2. The molecule has 0 radical (unpaired) electrons. The van der Waals surface area contributed by atoms with Crippen molar-refractivity contribution < 1.29 is 9.59 Å². The number of para-hydroxylation sites is 1. The summed E-state index contributed by atoms with van der Waals surface area (Å²) in [6.45, 7) is 1.87. The summed E-state index contributed by atoms with van der Waals surface area (Å²) in [5.41, 5.74) is 4.43. The second-order valence-electron chi connectivity index (χ2n) is 4.98. The Bertz CT molecular complexity index is 791. The van der Waals surface area contributed by atoms with E-state index in [9.17, 15) is 9.59 Å². The fraction of sp³-hybridized carbons (Fsp3) is 0.118. The standard InChI is InChI=1S/C17H15Cl2N3O2/c1-11-5-2-3-8-14(11)21-15(23)9-16(24)22-20-10-12-6-4-7-13(18)17(12)19/h2-8,10H,9H2,1H3,(H,21,23)(H,22,24). The number of hydrogen-bond donors (Lipinski definition) is 2. The van der Waals surface area contributed by atoms with Crippen molar-refractivity contribution >= 4 is 46.9 Å². The van der Waals surface area contributed by atoms with Crippen LogP contribution in [0.4, 0.5) is 5.69 Å². The minimum absolute atomic E-state index is 0.338. The Labute approximate surface area is 149 Å². The van der Waals surface area contributed by atoms with E-state index in [0.29, 0.717) is 21.3 Å². The molecule has 0 saturated carbocycles. The monoisotopic (exact) mass is 363 g/mol. The summed E-state index contributed by atoms with van der Waals surface area (Å²) in [6, 6.07) is 12.4. The summed E-state index contributed by atoms with van der Waals surface area (Å²) in [5.74, 6) is -0.951. The first-order valence-corrected chi connectivity index (χ1v) is 7.84. The summed E-state index contributed by atoms with van der Waals surface area (Å²) in [7, 11) is 0. The van der Waals surface area contributed by atoms with Crippen LogP contribution in [0, 0.1) is 6.92 Å². The molecule has 2 aromatic carbocycles. The summed E-state index contributed by atoms with van der Waals surface area (Å²) < 4.78 is 0. The number of rotatable bonds is 5. The second kappa shape index (κ2) is 8.47. The topological polar surface area (TPSA) is 70.6 Å². The first kappa shape index (κ1) is 18.0. The fourth-order valence-electron chi connectivity index (χ4n) is 1.89. The van der Waals surface area contributed by atoms with Crippen LogP contribution in [0.1, 0.15) is 17.5 Å². The van der Waals surface area contributed by atoms with Gasteiger partial charge in [0.1, 0.15) is 6.42 Å². The van der Waals surface area contributed by atoms with Gasteiger partial charge in [0.15, 0.2) is 0 Å². The number of halogens is 2. The molecule has 0 atom stereocenters. The number of carbonyl (C=O) groups excluding carboxylic acids is 2. The molecule has 0 fully saturated rings. The molecular formula is C17H15Cl2N3O2. The van der Waals surface area contributed by atoms with Crippen LogP contribution in [0.2, 0.25) is 10.0 Å². The van der Waals surface area contributed by atoms with Gasteiger partial charge < -0.3 is 5.32 Å². The van der Waals surface area contributed by atoms with Gasteiger partial charge in [-0.2, -0.15) is 5.10 Å². The van der Waals surface area contributed by atoms with Gasteiger partial charge >= 0.3 is 0 Å². The number of benzene rings is 2. The maximum absolute atomic E-state index is 11.8. The first-order chi connectivity index (χ1) is 11.5. The second-order valence-corrected chi connectivity index (χ2v) is 5.76. The van der Waals surface area contributed by atoms with E-state index in [4.69, 9.17) is 23.2 Å². The highest BCUT2D eigenvalue weighted by molar-refractivity contribution is 6.43. The Balaban J connectivity index is 1.87. The molecule has 2 amide bonds. The average molecular weight is 364 g/mol. The molecule has 24 heavy (non-hydrogen) atoms. The Kier molecular flexibility index (Phi) is 6.35. The van der Waals surface area contributed by atoms with Gasteiger partial charge in [0, 0.05) is 11.3 Å². The zero-order chi connectivity index (χ0) is 17.5. The molecule has 0 aliphatic heterocycles. The van der Waals surface area contributed by atoms with Crippen molar-refractivity contribution in [2.75, 3.05) is 5.32 Å². The van der Waals surface area contributed by atoms with Gasteiger partial charge in [-0.3, -0.25) is 9.59 Å². The van der Waals surface area contributed by atoms with Crippen LogP contribution in [0.15, 0.2) is 47.6 Å². The quantitative estimate of drug-likeness (QED) is 0.482. The number of amides is 2. The van der Waals surface area contributed by atoms with Crippen molar-refractivity contribution in [2.45, 2.75) is 13.3 Å². The predicted octanol–water partition coefficient (Wildman–Crippen LogP) is 3.78. The third-order valence-corrected chi connectivity index (χ3v) is 3.95. The van der Waals surface area contributed by atoms with Gasteiger partial charge in [0.2, 0.25) is 11.8 Å². The Morgan fingerprint density at radius 2 is 1.83 bits per heavy atom. The van der Waals surface area contributed by atoms with Crippen LogP contribution < -0.4 is 10.7 Å². The number of carbonyl (C=O) groups is 2. The SMILES string of the molecule is Cc1ccccc1NC(=O)CC(=O)NN=Cc1cccc(Cl)c1Cl.